The summed E-state index contributed by atoms with van der Waals surface area (Å²) < 4.78 is 0. The van der Waals surface area contributed by atoms with Crippen molar-refractivity contribution in [1.29, 1.82) is 0 Å². The third-order valence-corrected chi connectivity index (χ3v) is 3.68. The van der Waals surface area contributed by atoms with Crippen LogP contribution in [0.2, 0.25) is 0 Å². The van der Waals surface area contributed by atoms with Crippen LogP contribution in [-0.2, 0) is 16.1 Å². The molecule has 2 aromatic carbocycles. The first-order valence-electron chi connectivity index (χ1n) is 8.29. The minimum absolute atomic E-state index is 0.135. The van der Waals surface area contributed by atoms with E-state index in [4.69, 9.17) is 0 Å². The molecule has 0 heterocycles. The monoisotopic (exact) mass is 339 g/mol. The summed E-state index contributed by atoms with van der Waals surface area (Å²) in [6.45, 7) is 2.26. The molecule has 2 amide bonds. The van der Waals surface area contributed by atoms with Crippen molar-refractivity contribution >= 4 is 17.5 Å². The maximum absolute atomic E-state index is 12.4. The molecule has 0 saturated heterocycles. The van der Waals surface area contributed by atoms with Crippen molar-refractivity contribution in [1.82, 2.24) is 10.2 Å². The van der Waals surface area contributed by atoms with Gasteiger partial charge < -0.3 is 15.5 Å². The van der Waals surface area contributed by atoms with E-state index < -0.39 is 0 Å². The van der Waals surface area contributed by atoms with E-state index >= 15 is 0 Å². The molecule has 25 heavy (non-hydrogen) atoms. The van der Waals surface area contributed by atoms with Gasteiger partial charge in [0, 0.05) is 19.2 Å². The Morgan fingerprint density at radius 1 is 1.04 bits per heavy atom. The maximum Gasteiger partial charge on any atom is 0.226 e. The minimum atomic E-state index is -0.344. The van der Waals surface area contributed by atoms with Crippen LogP contribution in [0.25, 0.3) is 0 Å². The molecule has 5 nitrogen and oxygen atoms in total. The summed E-state index contributed by atoms with van der Waals surface area (Å²) in [6.07, 6.45) is 0.182. The number of nitrogens with zero attached hydrogens (tertiary/aromatic N) is 1. The number of amides is 2. The molecule has 1 unspecified atom stereocenters. The average Bonchev–Trinajstić information content (AvgIpc) is 2.54. The van der Waals surface area contributed by atoms with Crippen LogP contribution in [0.4, 0.5) is 5.69 Å². The average molecular weight is 339 g/mol. The van der Waals surface area contributed by atoms with Crippen molar-refractivity contribution in [2.45, 2.75) is 25.9 Å². The van der Waals surface area contributed by atoms with E-state index in [0.717, 1.165) is 23.4 Å². The second-order valence-electron chi connectivity index (χ2n) is 6.35. The number of nitrogens with one attached hydrogen (secondary N) is 2. The Bertz CT molecular complexity index is 714. The highest BCUT2D eigenvalue weighted by molar-refractivity contribution is 5.91. The van der Waals surface area contributed by atoms with Gasteiger partial charge >= 0.3 is 0 Å². The van der Waals surface area contributed by atoms with Crippen LogP contribution < -0.4 is 10.6 Å². The van der Waals surface area contributed by atoms with Gasteiger partial charge in [-0.1, -0.05) is 42.5 Å². The fourth-order valence-corrected chi connectivity index (χ4v) is 2.69. The summed E-state index contributed by atoms with van der Waals surface area (Å²) in [4.78, 5) is 26.0. The lowest BCUT2D eigenvalue weighted by atomic mass is 10.0. The molecular formula is C20H25N3O2. The summed E-state index contributed by atoms with van der Waals surface area (Å²) in [5, 5.41) is 5.76. The standard InChI is InChI=1S/C20H25N3O2/c1-15(24)21-19(17-9-5-4-6-10-17)13-20(25)22-18-11-7-8-16(12-18)14-23(2)3/h4-12,19H,13-14H2,1-3H3,(H,21,24)(H,22,25). The van der Waals surface area contributed by atoms with Crippen molar-refractivity contribution in [3.05, 3.63) is 65.7 Å². The van der Waals surface area contributed by atoms with Gasteiger partial charge in [-0.3, -0.25) is 9.59 Å². The molecule has 2 rings (SSSR count). The van der Waals surface area contributed by atoms with Gasteiger partial charge in [0.05, 0.1) is 12.5 Å². The topological polar surface area (TPSA) is 61.4 Å². The number of carbonyl (C=O) groups is 2. The maximum atomic E-state index is 12.4. The number of anilines is 1. The van der Waals surface area contributed by atoms with Gasteiger partial charge in [-0.15, -0.1) is 0 Å². The zero-order valence-electron chi connectivity index (χ0n) is 15.0. The van der Waals surface area contributed by atoms with Crippen molar-refractivity contribution in [2.24, 2.45) is 0 Å². The van der Waals surface area contributed by atoms with E-state index in [9.17, 15) is 9.59 Å². The zero-order chi connectivity index (χ0) is 18.2. The third kappa shape index (κ3) is 6.39. The lowest BCUT2D eigenvalue weighted by Crippen LogP contribution is -2.29. The molecular weight excluding hydrogens is 314 g/mol. The van der Waals surface area contributed by atoms with Crippen LogP contribution in [0.15, 0.2) is 54.6 Å². The van der Waals surface area contributed by atoms with Crippen molar-refractivity contribution in [3.8, 4) is 0 Å². The van der Waals surface area contributed by atoms with E-state index in [1.165, 1.54) is 6.92 Å². The summed E-state index contributed by atoms with van der Waals surface area (Å²) in [7, 11) is 4.01. The fourth-order valence-electron chi connectivity index (χ4n) is 2.69. The van der Waals surface area contributed by atoms with Crippen LogP contribution in [0, 0.1) is 0 Å². The molecule has 0 bridgehead atoms. The first-order chi connectivity index (χ1) is 11.9. The van der Waals surface area contributed by atoms with Gasteiger partial charge in [0.15, 0.2) is 0 Å². The van der Waals surface area contributed by atoms with Crippen molar-refractivity contribution in [2.75, 3.05) is 19.4 Å². The SMILES string of the molecule is CC(=O)NC(CC(=O)Nc1cccc(CN(C)C)c1)c1ccccc1. The van der Waals surface area contributed by atoms with Crippen molar-refractivity contribution < 1.29 is 9.59 Å². The second-order valence-corrected chi connectivity index (χ2v) is 6.35. The van der Waals surface area contributed by atoms with E-state index in [1.807, 2.05) is 68.7 Å². The van der Waals surface area contributed by atoms with Crippen LogP contribution >= 0.6 is 0 Å². The second kappa shape index (κ2) is 8.99. The number of benzene rings is 2. The Hall–Kier alpha value is -2.66. The Morgan fingerprint density at radius 2 is 1.76 bits per heavy atom. The molecule has 0 fully saturated rings. The first kappa shape index (κ1) is 18.7. The fraction of sp³-hybridized carbons (Fsp3) is 0.300. The van der Waals surface area contributed by atoms with Gasteiger partial charge in [0.25, 0.3) is 0 Å². The van der Waals surface area contributed by atoms with E-state index in [-0.39, 0.29) is 24.3 Å². The molecule has 2 aromatic rings. The van der Waals surface area contributed by atoms with Gasteiger partial charge in [-0.2, -0.15) is 0 Å². The molecule has 2 N–H and O–H groups in total. The Morgan fingerprint density at radius 3 is 2.40 bits per heavy atom. The predicted molar refractivity (Wildman–Crippen MR) is 100 cm³/mol. The summed E-state index contributed by atoms with van der Waals surface area (Å²) in [5.41, 5.74) is 2.80. The summed E-state index contributed by atoms with van der Waals surface area (Å²) in [6, 6.07) is 17.0. The molecule has 1 atom stereocenters. The Kier molecular flexibility index (Phi) is 6.71. The molecule has 0 spiro atoms. The largest absolute Gasteiger partial charge is 0.349 e. The smallest absolute Gasteiger partial charge is 0.226 e. The molecule has 5 heteroatoms. The molecule has 132 valence electrons. The highest BCUT2D eigenvalue weighted by Gasteiger charge is 2.17. The van der Waals surface area contributed by atoms with Gasteiger partial charge in [-0.25, -0.2) is 0 Å². The van der Waals surface area contributed by atoms with Gasteiger partial charge in [0.2, 0.25) is 11.8 Å². The third-order valence-electron chi connectivity index (χ3n) is 3.68. The van der Waals surface area contributed by atoms with Crippen LogP contribution in [0.5, 0.6) is 0 Å². The highest BCUT2D eigenvalue weighted by atomic mass is 16.2. The first-order valence-corrected chi connectivity index (χ1v) is 8.29. The highest BCUT2D eigenvalue weighted by Crippen LogP contribution is 2.18. The van der Waals surface area contributed by atoms with Crippen LogP contribution in [0.1, 0.15) is 30.5 Å². The summed E-state index contributed by atoms with van der Waals surface area (Å²) in [5.74, 6) is -0.292. The minimum Gasteiger partial charge on any atom is -0.349 e. The predicted octanol–water partition coefficient (Wildman–Crippen LogP) is 2.95. The van der Waals surface area contributed by atoms with Crippen LogP contribution in [0.3, 0.4) is 0 Å². The zero-order valence-corrected chi connectivity index (χ0v) is 15.0. The normalized spacial score (nSPS) is 11.8. The molecule has 0 aromatic heterocycles. The molecule has 0 radical (unpaired) electrons. The number of hydrogen-bond acceptors (Lipinski definition) is 3. The van der Waals surface area contributed by atoms with Crippen LogP contribution in [-0.4, -0.2) is 30.8 Å². The molecule has 0 aliphatic heterocycles. The molecule has 0 aliphatic carbocycles. The number of rotatable bonds is 7. The number of carbonyl (C=O) groups excluding carboxylic acids is 2. The number of hydrogen-bond donors (Lipinski definition) is 2. The van der Waals surface area contributed by atoms with Gasteiger partial charge in [-0.05, 0) is 37.4 Å². The lowest BCUT2D eigenvalue weighted by molar-refractivity contribution is -0.120. The van der Waals surface area contributed by atoms with Crippen molar-refractivity contribution in [3.63, 3.8) is 0 Å². The van der Waals surface area contributed by atoms with E-state index in [0.29, 0.717) is 0 Å². The lowest BCUT2D eigenvalue weighted by Gasteiger charge is -2.18. The molecule has 0 aliphatic rings. The summed E-state index contributed by atoms with van der Waals surface area (Å²) >= 11 is 0. The van der Waals surface area contributed by atoms with E-state index in [1.54, 1.807) is 0 Å². The molecule has 0 saturated carbocycles. The Labute approximate surface area is 149 Å². The van der Waals surface area contributed by atoms with E-state index in [2.05, 4.69) is 15.5 Å². The van der Waals surface area contributed by atoms with Gasteiger partial charge in [0.1, 0.15) is 0 Å². The quantitative estimate of drug-likeness (QED) is 0.815. The Balaban J connectivity index is 2.05.